The van der Waals surface area contributed by atoms with Crippen LogP contribution in [0.1, 0.15) is 34.7 Å². The summed E-state index contributed by atoms with van der Waals surface area (Å²) in [5.74, 6) is 0.493. The first-order chi connectivity index (χ1) is 10.8. The van der Waals surface area contributed by atoms with Gasteiger partial charge < -0.3 is 0 Å². The van der Waals surface area contributed by atoms with Crippen LogP contribution in [0.3, 0.4) is 0 Å². The summed E-state index contributed by atoms with van der Waals surface area (Å²) >= 11 is 0. The van der Waals surface area contributed by atoms with Gasteiger partial charge in [-0.1, -0.05) is 60.7 Å². The lowest BCUT2D eigenvalue weighted by Crippen LogP contribution is -2.01. The molecule has 0 aliphatic heterocycles. The largest absolute Gasteiger partial charge is 0.260 e. The van der Waals surface area contributed by atoms with Crippen LogP contribution in [-0.2, 0) is 6.42 Å². The van der Waals surface area contributed by atoms with Crippen LogP contribution < -0.4 is 0 Å². The van der Waals surface area contributed by atoms with Crippen molar-refractivity contribution in [2.24, 2.45) is 0 Å². The average Bonchev–Trinajstić information content (AvgIpc) is 3.02. The van der Waals surface area contributed by atoms with E-state index in [2.05, 4.69) is 73.8 Å². The second-order valence-corrected chi connectivity index (χ2v) is 6.03. The van der Waals surface area contributed by atoms with Gasteiger partial charge in [0.1, 0.15) is 0 Å². The van der Waals surface area contributed by atoms with Crippen LogP contribution in [0, 0.1) is 6.92 Å². The highest BCUT2D eigenvalue weighted by Gasteiger charge is 2.28. The molecule has 1 atom stereocenters. The number of aromatic nitrogens is 1. The SMILES string of the molecule is Cc1c(-c2ccccc2)cnc2c1C(c1ccccc1)CC2. The molecule has 4 rings (SSSR count). The summed E-state index contributed by atoms with van der Waals surface area (Å²) in [7, 11) is 0. The van der Waals surface area contributed by atoms with Crippen molar-refractivity contribution in [1.82, 2.24) is 4.98 Å². The van der Waals surface area contributed by atoms with Crippen LogP contribution in [0.25, 0.3) is 11.1 Å². The molecule has 22 heavy (non-hydrogen) atoms. The lowest BCUT2D eigenvalue weighted by molar-refractivity contribution is 0.783. The first-order valence-corrected chi connectivity index (χ1v) is 7.93. The average molecular weight is 285 g/mol. The predicted octanol–water partition coefficient (Wildman–Crippen LogP) is 5.14. The third-order valence-electron chi connectivity index (χ3n) is 4.77. The van der Waals surface area contributed by atoms with Gasteiger partial charge in [0.15, 0.2) is 0 Å². The van der Waals surface area contributed by atoms with Crippen LogP contribution in [0.15, 0.2) is 66.9 Å². The van der Waals surface area contributed by atoms with Crippen molar-refractivity contribution in [1.29, 1.82) is 0 Å². The minimum atomic E-state index is 0.493. The maximum absolute atomic E-state index is 4.77. The van der Waals surface area contributed by atoms with Gasteiger partial charge in [-0.3, -0.25) is 4.98 Å². The molecule has 0 fully saturated rings. The third kappa shape index (κ3) is 2.14. The van der Waals surface area contributed by atoms with Gasteiger partial charge in [0.05, 0.1) is 0 Å². The topological polar surface area (TPSA) is 12.9 Å². The fourth-order valence-corrected chi connectivity index (χ4v) is 3.68. The fourth-order valence-electron chi connectivity index (χ4n) is 3.68. The Morgan fingerprint density at radius 3 is 2.32 bits per heavy atom. The summed E-state index contributed by atoms with van der Waals surface area (Å²) in [4.78, 5) is 4.77. The molecule has 0 radical (unpaired) electrons. The molecule has 0 saturated carbocycles. The van der Waals surface area contributed by atoms with Gasteiger partial charge in [0, 0.05) is 23.4 Å². The summed E-state index contributed by atoms with van der Waals surface area (Å²) in [6.07, 6.45) is 4.31. The Balaban J connectivity index is 1.85. The number of aryl methyl sites for hydroxylation is 1. The van der Waals surface area contributed by atoms with Gasteiger partial charge >= 0.3 is 0 Å². The Labute approximate surface area is 131 Å². The van der Waals surface area contributed by atoms with Gasteiger partial charge in [0.2, 0.25) is 0 Å². The summed E-state index contributed by atoms with van der Waals surface area (Å²) in [6.45, 7) is 2.25. The van der Waals surface area contributed by atoms with Gasteiger partial charge in [-0.05, 0) is 42.0 Å². The zero-order valence-corrected chi connectivity index (χ0v) is 12.8. The van der Waals surface area contributed by atoms with E-state index in [4.69, 9.17) is 4.98 Å². The van der Waals surface area contributed by atoms with Crippen molar-refractivity contribution in [2.75, 3.05) is 0 Å². The molecule has 0 bridgehead atoms. The smallest absolute Gasteiger partial charge is 0.0445 e. The molecule has 0 saturated heterocycles. The van der Waals surface area contributed by atoms with E-state index in [1.165, 1.54) is 39.9 Å². The molecule has 108 valence electrons. The summed E-state index contributed by atoms with van der Waals surface area (Å²) < 4.78 is 0. The van der Waals surface area contributed by atoms with E-state index >= 15 is 0 Å². The molecule has 1 heterocycles. The first-order valence-electron chi connectivity index (χ1n) is 7.93. The quantitative estimate of drug-likeness (QED) is 0.635. The van der Waals surface area contributed by atoms with E-state index in [0.717, 1.165) is 6.42 Å². The van der Waals surface area contributed by atoms with E-state index < -0.39 is 0 Å². The number of rotatable bonds is 2. The molecule has 1 aromatic heterocycles. The number of pyridine rings is 1. The lowest BCUT2D eigenvalue weighted by Gasteiger charge is -2.17. The van der Waals surface area contributed by atoms with Crippen molar-refractivity contribution in [3.63, 3.8) is 0 Å². The van der Waals surface area contributed by atoms with Crippen molar-refractivity contribution < 1.29 is 0 Å². The zero-order valence-electron chi connectivity index (χ0n) is 12.8. The highest BCUT2D eigenvalue weighted by Crippen LogP contribution is 2.41. The number of hydrogen-bond donors (Lipinski definition) is 0. The number of nitrogens with zero attached hydrogens (tertiary/aromatic N) is 1. The Morgan fingerprint density at radius 2 is 1.59 bits per heavy atom. The molecule has 2 aromatic carbocycles. The molecular weight excluding hydrogens is 266 g/mol. The molecule has 1 heteroatoms. The molecule has 0 N–H and O–H groups in total. The van der Waals surface area contributed by atoms with Gasteiger partial charge in [0.25, 0.3) is 0 Å². The van der Waals surface area contributed by atoms with E-state index in [1.807, 2.05) is 0 Å². The van der Waals surface area contributed by atoms with Crippen LogP contribution in [-0.4, -0.2) is 4.98 Å². The van der Waals surface area contributed by atoms with E-state index in [-0.39, 0.29) is 0 Å². The summed E-state index contributed by atoms with van der Waals surface area (Å²) in [5, 5.41) is 0. The van der Waals surface area contributed by atoms with Crippen LogP contribution in [0.5, 0.6) is 0 Å². The zero-order chi connectivity index (χ0) is 14.9. The maximum Gasteiger partial charge on any atom is 0.0445 e. The minimum Gasteiger partial charge on any atom is -0.260 e. The van der Waals surface area contributed by atoms with Gasteiger partial charge in [-0.2, -0.15) is 0 Å². The van der Waals surface area contributed by atoms with Crippen molar-refractivity contribution >= 4 is 0 Å². The summed E-state index contributed by atoms with van der Waals surface area (Å²) in [5.41, 5.74) is 8.06. The molecule has 1 aliphatic carbocycles. The Hall–Kier alpha value is -2.41. The second-order valence-electron chi connectivity index (χ2n) is 6.03. The van der Waals surface area contributed by atoms with Crippen molar-refractivity contribution in [3.8, 4) is 11.1 Å². The number of benzene rings is 2. The normalized spacial score (nSPS) is 16.5. The predicted molar refractivity (Wildman–Crippen MR) is 91.0 cm³/mol. The molecule has 1 aliphatic rings. The van der Waals surface area contributed by atoms with E-state index in [1.54, 1.807) is 0 Å². The highest BCUT2D eigenvalue weighted by atomic mass is 14.7. The van der Waals surface area contributed by atoms with Crippen LogP contribution in [0.2, 0.25) is 0 Å². The van der Waals surface area contributed by atoms with Crippen molar-refractivity contribution in [2.45, 2.75) is 25.7 Å². The molecule has 3 aromatic rings. The molecule has 0 spiro atoms. The Kier molecular flexibility index (Phi) is 3.27. The first kappa shape index (κ1) is 13.3. The Morgan fingerprint density at radius 1 is 0.909 bits per heavy atom. The van der Waals surface area contributed by atoms with E-state index in [9.17, 15) is 0 Å². The second kappa shape index (κ2) is 5.42. The summed E-state index contributed by atoms with van der Waals surface area (Å²) in [6, 6.07) is 21.4. The Bertz CT molecular complexity index is 791. The van der Waals surface area contributed by atoms with Crippen LogP contribution >= 0.6 is 0 Å². The molecular formula is C21H19N. The van der Waals surface area contributed by atoms with E-state index in [0.29, 0.717) is 5.92 Å². The molecule has 1 nitrogen and oxygen atoms in total. The minimum absolute atomic E-state index is 0.493. The molecule has 1 unspecified atom stereocenters. The van der Waals surface area contributed by atoms with Crippen molar-refractivity contribution in [3.05, 3.63) is 89.2 Å². The monoisotopic (exact) mass is 285 g/mol. The fraction of sp³-hybridized carbons (Fsp3) is 0.190. The highest BCUT2D eigenvalue weighted by molar-refractivity contribution is 5.69. The maximum atomic E-state index is 4.77. The number of fused-ring (bicyclic) bond motifs is 1. The van der Waals surface area contributed by atoms with Gasteiger partial charge in [-0.25, -0.2) is 0 Å². The molecule has 0 amide bonds. The number of hydrogen-bond acceptors (Lipinski definition) is 1. The van der Waals surface area contributed by atoms with Crippen LogP contribution in [0.4, 0.5) is 0 Å². The van der Waals surface area contributed by atoms with Gasteiger partial charge in [-0.15, -0.1) is 0 Å². The lowest BCUT2D eigenvalue weighted by atomic mass is 9.88. The standard InChI is InChI=1S/C21H19N/c1-15-19(17-10-6-3-7-11-17)14-22-20-13-12-18(21(15)20)16-8-4-2-5-9-16/h2-11,14,18H,12-13H2,1H3. The third-order valence-corrected chi connectivity index (χ3v) is 4.77.